The minimum absolute atomic E-state index is 0.0126. The molecule has 2 fully saturated rings. The zero-order valence-electron chi connectivity index (χ0n) is 13.0. The van der Waals surface area contributed by atoms with Crippen LogP contribution in [0.2, 0.25) is 0 Å². The Kier molecular flexibility index (Phi) is 5.45. The fourth-order valence-electron chi connectivity index (χ4n) is 3.51. The molecule has 0 spiro atoms. The Hall–Kier alpha value is -1.30. The Bertz CT molecular complexity index is 388. The molecule has 0 aromatic rings. The van der Waals surface area contributed by atoms with Crippen LogP contribution in [-0.2, 0) is 4.79 Å². The van der Waals surface area contributed by atoms with E-state index in [0.29, 0.717) is 12.3 Å². The number of aliphatic carboxylic acids is 1. The van der Waals surface area contributed by atoms with E-state index in [9.17, 15) is 9.59 Å². The molecule has 0 radical (unpaired) electrons. The van der Waals surface area contributed by atoms with Gasteiger partial charge in [0.25, 0.3) is 0 Å². The standard InChI is InChI=1S/C15H27N3O3/c1-10-9-18(2)7-6-13(10)17-15(21)16-12-5-3-4-11(8-12)14(19)20/h10-13H,3-9H2,1-2H3,(H,19,20)(H2,16,17,21). The maximum atomic E-state index is 12.1. The molecule has 1 heterocycles. The van der Waals surface area contributed by atoms with E-state index < -0.39 is 5.97 Å². The molecule has 1 saturated heterocycles. The molecule has 6 heteroatoms. The molecule has 3 N–H and O–H groups in total. The molecule has 4 unspecified atom stereocenters. The number of urea groups is 1. The molecule has 0 bridgehead atoms. The molecule has 0 aromatic carbocycles. The van der Waals surface area contributed by atoms with Crippen LogP contribution in [0.25, 0.3) is 0 Å². The number of carboxylic acids is 1. The second-order valence-electron chi connectivity index (χ2n) is 6.65. The highest BCUT2D eigenvalue weighted by Gasteiger charge is 2.29. The van der Waals surface area contributed by atoms with Gasteiger partial charge >= 0.3 is 12.0 Å². The molecule has 2 amide bonds. The number of nitrogens with one attached hydrogen (secondary N) is 2. The largest absolute Gasteiger partial charge is 0.481 e. The highest BCUT2D eigenvalue weighted by atomic mass is 16.4. The van der Waals surface area contributed by atoms with Crippen LogP contribution < -0.4 is 10.6 Å². The third kappa shape index (κ3) is 4.59. The molecule has 120 valence electrons. The fourth-order valence-corrected chi connectivity index (χ4v) is 3.51. The number of nitrogens with zero attached hydrogens (tertiary/aromatic N) is 1. The van der Waals surface area contributed by atoms with Crippen LogP contribution in [0.15, 0.2) is 0 Å². The van der Waals surface area contributed by atoms with Crippen LogP contribution >= 0.6 is 0 Å². The summed E-state index contributed by atoms with van der Waals surface area (Å²) < 4.78 is 0. The first-order chi connectivity index (χ1) is 9.95. The number of carbonyl (C=O) groups is 2. The summed E-state index contributed by atoms with van der Waals surface area (Å²) in [4.78, 5) is 25.4. The van der Waals surface area contributed by atoms with Crippen LogP contribution in [-0.4, -0.2) is 54.2 Å². The summed E-state index contributed by atoms with van der Waals surface area (Å²) >= 11 is 0. The van der Waals surface area contributed by atoms with Crippen molar-refractivity contribution in [3.05, 3.63) is 0 Å². The Morgan fingerprint density at radius 3 is 2.62 bits per heavy atom. The first kappa shape index (κ1) is 16.1. The monoisotopic (exact) mass is 297 g/mol. The molecule has 2 aliphatic rings. The van der Waals surface area contributed by atoms with Gasteiger partial charge in [-0.25, -0.2) is 4.79 Å². The van der Waals surface area contributed by atoms with E-state index in [-0.39, 0.29) is 24.0 Å². The summed E-state index contributed by atoms with van der Waals surface area (Å²) in [5, 5.41) is 15.1. The van der Waals surface area contributed by atoms with Gasteiger partial charge in [-0.3, -0.25) is 4.79 Å². The number of carbonyl (C=O) groups excluding carboxylic acids is 1. The molecule has 1 aliphatic carbocycles. The predicted octanol–water partition coefficient (Wildman–Crippen LogP) is 1.27. The van der Waals surface area contributed by atoms with E-state index in [1.54, 1.807) is 0 Å². The molecule has 2 rings (SSSR count). The van der Waals surface area contributed by atoms with Gasteiger partial charge in [0.15, 0.2) is 0 Å². The fraction of sp³-hybridized carbons (Fsp3) is 0.867. The lowest BCUT2D eigenvalue weighted by Crippen LogP contribution is -2.53. The minimum Gasteiger partial charge on any atom is -0.481 e. The van der Waals surface area contributed by atoms with E-state index in [4.69, 9.17) is 5.11 Å². The summed E-state index contributed by atoms with van der Waals surface area (Å²) in [5.41, 5.74) is 0. The number of piperidine rings is 1. The van der Waals surface area contributed by atoms with E-state index in [1.807, 2.05) is 0 Å². The maximum absolute atomic E-state index is 12.1. The third-order valence-corrected chi connectivity index (χ3v) is 4.78. The Labute approximate surface area is 126 Å². The van der Waals surface area contributed by atoms with Crippen molar-refractivity contribution in [2.75, 3.05) is 20.1 Å². The van der Waals surface area contributed by atoms with Crippen molar-refractivity contribution in [1.29, 1.82) is 0 Å². The van der Waals surface area contributed by atoms with E-state index in [2.05, 4.69) is 29.5 Å². The lowest BCUT2D eigenvalue weighted by molar-refractivity contribution is -0.143. The average molecular weight is 297 g/mol. The van der Waals surface area contributed by atoms with Gasteiger partial charge in [-0.2, -0.15) is 0 Å². The predicted molar refractivity (Wildman–Crippen MR) is 80.1 cm³/mol. The number of carboxylic acid groups (broad SMARTS) is 1. The van der Waals surface area contributed by atoms with E-state index >= 15 is 0 Å². The van der Waals surface area contributed by atoms with Crippen molar-refractivity contribution in [2.24, 2.45) is 11.8 Å². The molecule has 4 atom stereocenters. The van der Waals surface area contributed by atoms with Gasteiger partial charge in [0.05, 0.1) is 5.92 Å². The Balaban J connectivity index is 1.77. The maximum Gasteiger partial charge on any atom is 0.315 e. The van der Waals surface area contributed by atoms with Crippen LogP contribution in [0, 0.1) is 11.8 Å². The number of hydrogen-bond acceptors (Lipinski definition) is 3. The van der Waals surface area contributed by atoms with Gasteiger partial charge in [-0.05, 0) is 45.2 Å². The molecule has 6 nitrogen and oxygen atoms in total. The van der Waals surface area contributed by atoms with Crippen LogP contribution in [0.4, 0.5) is 4.79 Å². The summed E-state index contributed by atoms with van der Waals surface area (Å²) in [7, 11) is 2.10. The minimum atomic E-state index is -0.745. The van der Waals surface area contributed by atoms with Crippen molar-refractivity contribution < 1.29 is 14.7 Å². The van der Waals surface area contributed by atoms with Crippen molar-refractivity contribution in [2.45, 2.75) is 51.1 Å². The van der Waals surface area contributed by atoms with Crippen molar-refractivity contribution in [1.82, 2.24) is 15.5 Å². The zero-order chi connectivity index (χ0) is 15.4. The lowest BCUT2D eigenvalue weighted by Gasteiger charge is -2.36. The van der Waals surface area contributed by atoms with Crippen molar-refractivity contribution >= 4 is 12.0 Å². The highest BCUT2D eigenvalue weighted by Crippen LogP contribution is 2.24. The zero-order valence-corrected chi connectivity index (χ0v) is 13.0. The molecule has 1 saturated carbocycles. The van der Waals surface area contributed by atoms with Crippen molar-refractivity contribution in [3.63, 3.8) is 0 Å². The molecule has 0 aromatic heterocycles. The molecular formula is C15H27N3O3. The SMILES string of the molecule is CC1CN(C)CCC1NC(=O)NC1CCCC(C(=O)O)C1. The van der Waals surface area contributed by atoms with Gasteiger partial charge in [-0.15, -0.1) is 0 Å². The number of hydrogen-bond donors (Lipinski definition) is 3. The Morgan fingerprint density at radius 2 is 1.95 bits per heavy atom. The second-order valence-corrected chi connectivity index (χ2v) is 6.65. The van der Waals surface area contributed by atoms with Gasteiger partial charge in [-0.1, -0.05) is 13.3 Å². The third-order valence-electron chi connectivity index (χ3n) is 4.78. The quantitative estimate of drug-likeness (QED) is 0.733. The van der Waals surface area contributed by atoms with Gasteiger partial charge < -0.3 is 20.6 Å². The van der Waals surface area contributed by atoms with Crippen LogP contribution in [0.1, 0.15) is 39.0 Å². The van der Waals surface area contributed by atoms with E-state index in [0.717, 1.165) is 38.8 Å². The first-order valence-electron chi connectivity index (χ1n) is 7.94. The molecule has 1 aliphatic heterocycles. The number of likely N-dealkylation sites (tertiary alicyclic amines) is 1. The summed E-state index contributed by atoms with van der Waals surface area (Å²) in [6.45, 7) is 4.15. The number of rotatable bonds is 3. The van der Waals surface area contributed by atoms with Gasteiger partial charge in [0.1, 0.15) is 0 Å². The summed E-state index contributed by atoms with van der Waals surface area (Å²) in [6, 6.07) is 0.0499. The van der Waals surface area contributed by atoms with E-state index in [1.165, 1.54) is 0 Å². The van der Waals surface area contributed by atoms with Crippen LogP contribution in [0.5, 0.6) is 0 Å². The molecule has 21 heavy (non-hydrogen) atoms. The van der Waals surface area contributed by atoms with Crippen molar-refractivity contribution in [3.8, 4) is 0 Å². The Morgan fingerprint density at radius 1 is 1.19 bits per heavy atom. The first-order valence-corrected chi connectivity index (χ1v) is 7.94. The van der Waals surface area contributed by atoms with Gasteiger partial charge in [0, 0.05) is 18.6 Å². The molecular weight excluding hydrogens is 270 g/mol. The average Bonchev–Trinajstić information content (AvgIpc) is 2.42. The van der Waals surface area contributed by atoms with Gasteiger partial charge in [0.2, 0.25) is 0 Å². The summed E-state index contributed by atoms with van der Waals surface area (Å²) in [6.07, 6.45) is 3.98. The second kappa shape index (κ2) is 7.11. The highest BCUT2D eigenvalue weighted by molar-refractivity contribution is 5.75. The summed E-state index contributed by atoms with van der Waals surface area (Å²) in [5.74, 6) is -0.621. The van der Waals surface area contributed by atoms with Crippen LogP contribution in [0.3, 0.4) is 0 Å². The topological polar surface area (TPSA) is 81.7 Å². The number of amides is 2. The normalized spacial score (nSPS) is 34.2. The smallest absolute Gasteiger partial charge is 0.315 e. The lowest BCUT2D eigenvalue weighted by atomic mass is 9.86.